The zero-order chi connectivity index (χ0) is 20.4. The van der Waals surface area contributed by atoms with Gasteiger partial charge in [-0.25, -0.2) is 0 Å². The van der Waals surface area contributed by atoms with Crippen LogP contribution in [0.2, 0.25) is 0 Å². The number of aliphatic carboxylic acids is 1. The minimum Gasteiger partial charge on any atom is -0.481 e. The molecule has 0 aromatic heterocycles. The Balaban J connectivity index is 1.55. The number of rotatable bonds is 6. The smallest absolute Gasteiger partial charge is 0.322 e. The lowest BCUT2D eigenvalue weighted by molar-refractivity contribution is -0.160. The van der Waals surface area contributed by atoms with Crippen LogP contribution in [-0.4, -0.2) is 23.7 Å². The van der Waals surface area contributed by atoms with Gasteiger partial charge >= 0.3 is 11.9 Å². The number of carbonyl (C=O) groups is 2. The maximum atomic E-state index is 12.7. The lowest BCUT2D eigenvalue weighted by atomic mass is 9.93. The van der Waals surface area contributed by atoms with E-state index in [9.17, 15) is 14.7 Å². The minimum atomic E-state index is -1.47. The molecule has 29 heavy (non-hydrogen) atoms. The van der Waals surface area contributed by atoms with Crippen LogP contribution in [0.1, 0.15) is 28.7 Å². The van der Waals surface area contributed by atoms with Crippen molar-refractivity contribution in [3.05, 3.63) is 95.6 Å². The van der Waals surface area contributed by atoms with Gasteiger partial charge in [0.15, 0.2) is 5.92 Å². The predicted molar refractivity (Wildman–Crippen MR) is 109 cm³/mol. The number of carbonyl (C=O) groups excluding carboxylic acids is 1. The second kappa shape index (κ2) is 7.89. The zero-order valence-electron chi connectivity index (χ0n) is 15.7. The highest BCUT2D eigenvalue weighted by Crippen LogP contribution is 2.44. The Labute approximate surface area is 168 Å². The number of carboxylic acids is 1. The van der Waals surface area contributed by atoms with Gasteiger partial charge in [-0.05, 0) is 27.8 Å². The number of carboxylic acid groups (broad SMARTS) is 1. The number of benzene rings is 3. The van der Waals surface area contributed by atoms with Crippen LogP contribution in [-0.2, 0) is 14.3 Å². The lowest BCUT2D eigenvalue weighted by Crippen LogP contribution is -2.36. The Morgan fingerprint density at radius 2 is 1.38 bits per heavy atom. The zero-order valence-corrected chi connectivity index (χ0v) is 15.7. The van der Waals surface area contributed by atoms with Crippen LogP contribution in [0.3, 0.4) is 0 Å². The van der Waals surface area contributed by atoms with E-state index in [0.717, 1.165) is 22.3 Å². The van der Waals surface area contributed by atoms with Crippen LogP contribution in [0.25, 0.3) is 11.1 Å². The number of hydrogen-bond donors (Lipinski definition) is 2. The highest BCUT2D eigenvalue weighted by atomic mass is 16.5. The molecule has 146 valence electrons. The molecule has 0 bridgehead atoms. The van der Waals surface area contributed by atoms with E-state index in [-0.39, 0.29) is 12.5 Å². The average Bonchev–Trinajstić information content (AvgIpc) is 3.06. The fourth-order valence-corrected chi connectivity index (χ4v) is 3.96. The molecule has 0 spiro atoms. The molecular weight excluding hydrogens is 366 g/mol. The Kier molecular flexibility index (Phi) is 5.14. The first-order valence-electron chi connectivity index (χ1n) is 9.46. The molecule has 3 aromatic rings. The fraction of sp³-hybridized carbons (Fsp3) is 0.167. The van der Waals surface area contributed by atoms with Crippen molar-refractivity contribution in [2.24, 2.45) is 11.7 Å². The first-order valence-corrected chi connectivity index (χ1v) is 9.46. The molecule has 0 aliphatic heterocycles. The van der Waals surface area contributed by atoms with Crippen molar-refractivity contribution in [2.45, 2.75) is 12.0 Å². The third-order valence-electron chi connectivity index (χ3n) is 5.42. The third kappa shape index (κ3) is 3.52. The number of ether oxygens (including phenoxy) is 1. The first kappa shape index (κ1) is 18.9. The summed E-state index contributed by atoms with van der Waals surface area (Å²) in [6.07, 6.45) is 0. The normalized spacial score (nSPS) is 14.5. The predicted octanol–water partition coefficient (Wildman–Crippen LogP) is 3.74. The molecule has 1 unspecified atom stereocenters. The quantitative estimate of drug-likeness (QED) is 0.497. The van der Waals surface area contributed by atoms with Gasteiger partial charge in [0.05, 0.1) is 6.04 Å². The molecule has 1 aliphatic carbocycles. The molecule has 0 radical (unpaired) electrons. The van der Waals surface area contributed by atoms with Gasteiger partial charge in [-0.15, -0.1) is 0 Å². The van der Waals surface area contributed by atoms with Crippen LogP contribution in [0, 0.1) is 5.92 Å². The summed E-state index contributed by atoms with van der Waals surface area (Å²) >= 11 is 0. The highest BCUT2D eigenvalue weighted by Gasteiger charge is 2.36. The van der Waals surface area contributed by atoms with Crippen molar-refractivity contribution >= 4 is 11.9 Å². The summed E-state index contributed by atoms with van der Waals surface area (Å²) in [5, 5.41) is 9.60. The van der Waals surface area contributed by atoms with Gasteiger partial charge in [-0.3, -0.25) is 9.59 Å². The van der Waals surface area contributed by atoms with Gasteiger partial charge in [-0.1, -0.05) is 78.9 Å². The molecule has 5 heteroatoms. The largest absolute Gasteiger partial charge is 0.481 e. The van der Waals surface area contributed by atoms with Gasteiger partial charge in [0.2, 0.25) is 0 Å². The maximum Gasteiger partial charge on any atom is 0.322 e. The first-order chi connectivity index (χ1) is 14.1. The number of hydrogen-bond acceptors (Lipinski definition) is 4. The summed E-state index contributed by atoms with van der Waals surface area (Å²) in [5.74, 6) is -3.72. The SMILES string of the molecule is NC(c1ccccc1)[C@@H](C(=O)O)C(=O)OCC1c2ccccc2-c2ccccc21. The Hall–Kier alpha value is -3.44. The summed E-state index contributed by atoms with van der Waals surface area (Å²) < 4.78 is 5.51. The van der Waals surface area contributed by atoms with E-state index in [4.69, 9.17) is 10.5 Å². The molecule has 2 atom stereocenters. The van der Waals surface area contributed by atoms with E-state index in [2.05, 4.69) is 0 Å². The maximum absolute atomic E-state index is 12.7. The number of esters is 1. The lowest BCUT2D eigenvalue weighted by Gasteiger charge is -2.21. The van der Waals surface area contributed by atoms with E-state index in [1.165, 1.54) is 0 Å². The van der Waals surface area contributed by atoms with E-state index in [1.807, 2.05) is 48.5 Å². The monoisotopic (exact) mass is 387 g/mol. The van der Waals surface area contributed by atoms with E-state index < -0.39 is 23.9 Å². The van der Waals surface area contributed by atoms with E-state index in [0.29, 0.717) is 5.56 Å². The number of nitrogens with two attached hydrogens (primary N) is 1. The third-order valence-corrected chi connectivity index (χ3v) is 5.42. The topological polar surface area (TPSA) is 89.6 Å². The van der Waals surface area contributed by atoms with Crippen LogP contribution in [0.5, 0.6) is 0 Å². The van der Waals surface area contributed by atoms with E-state index in [1.54, 1.807) is 30.3 Å². The highest BCUT2D eigenvalue weighted by molar-refractivity contribution is 5.95. The van der Waals surface area contributed by atoms with Crippen LogP contribution < -0.4 is 5.73 Å². The van der Waals surface area contributed by atoms with Crippen LogP contribution in [0.4, 0.5) is 0 Å². The standard InChI is InChI=1S/C24H21NO4/c25-22(15-8-2-1-3-9-15)21(23(26)27)24(28)29-14-20-18-12-6-4-10-16(18)17-11-5-7-13-19(17)20/h1-13,20-22H,14,25H2,(H,26,27)/t21-,22?/m0/s1. The van der Waals surface area contributed by atoms with Crippen molar-refractivity contribution < 1.29 is 19.4 Å². The average molecular weight is 387 g/mol. The minimum absolute atomic E-state index is 0.0676. The summed E-state index contributed by atoms with van der Waals surface area (Å²) in [7, 11) is 0. The van der Waals surface area contributed by atoms with Gasteiger partial charge in [0.1, 0.15) is 6.61 Å². The molecule has 0 saturated heterocycles. The summed E-state index contributed by atoms with van der Waals surface area (Å²) in [6, 6.07) is 23.7. The van der Waals surface area contributed by atoms with E-state index >= 15 is 0 Å². The molecular formula is C24H21NO4. The fourth-order valence-electron chi connectivity index (χ4n) is 3.96. The molecule has 0 fully saturated rings. The molecule has 0 amide bonds. The Bertz CT molecular complexity index is 1000. The second-order valence-electron chi connectivity index (χ2n) is 7.11. The molecule has 3 aromatic carbocycles. The molecule has 0 heterocycles. The van der Waals surface area contributed by atoms with Gasteiger partial charge in [0.25, 0.3) is 0 Å². The van der Waals surface area contributed by atoms with Gasteiger partial charge in [0, 0.05) is 5.92 Å². The summed E-state index contributed by atoms with van der Waals surface area (Å²) in [4.78, 5) is 24.5. The molecule has 3 N–H and O–H groups in total. The molecule has 5 nitrogen and oxygen atoms in total. The number of fused-ring (bicyclic) bond motifs is 3. The van der Waals surface area contributed by atoms with Crippen LogP contribution in [0.15, 0.2) is 78.9 Å². The molecule has 0 saturated carbocycles. The van der Waals surface area contributed by atoms with Crippen molar-refractivity contribution in [3.8, 4) is 11.1 Å². The van der Waals surface area contributed by atoms with Crippen LogP contribution >= 0.6 is 0 Å². The second-order valence-corrected chi connectivity index (χ2v) is 7.11. The summed E-state index contributed by atoms with van der Waals surface area (Å²) in [6.45, 7) is 0.0676. The van der Waals surface area contributed by atoms with Crippen molar-refractivity contribution in [3.63, 3.8) is 0 Å². The van der Waals surface area contributed by atoms with Gasteiger partial charge < -0.3 is 15.6 Å². The Morgan fingerprint density at radius 3 is 1.93 bits per heavy atom. The van der Waals surface area contributed by atoms with Gasteiger partial charge in [-0.2, -0.15) is 0 Å². The van der Waals surface area contributed by atoms with Crippen molar-refractivity contribution in [2.75, 3.05) is 6.61 Å². The van der Waals surface area contributed by atoms with Crippen molar-refractivity contribution in [1.82, 2.24) is 0 Å². The Morgan fingerprint density at radius 1 is 0.862 bits per heavy atom. The molecule has 4 rings (SSSR count). The summed E-state index contributed by atoms with van der Waals surface area (Å²) in [5.41, 5.74) is 11.0. The molecule has 1 aliphatic rings. The van der Waals surface area contributed by atoms with Crippen molar-refractivity contribution in [1.29, 1.82) is 0 Å².